The second kappa shape index (κ2) is 3.08. The summed E-state index contributed by atoms with van der Waals surface area (Å²) in [6.45, 7) is 1.97. The fraction of sp³-hybridized carbons (Fsp3) is 0.455. The molecule has 0 aliphatic heterocycles. The van der Waals surface area contributed by atoms with Crippen LogP contribution in [0.5, 0.6) is 0 Å². The predicted molar refractivity (Wildman–Crippen MR) is 52.0 cm³/mol. The van der Waals surface area contributed by atoms with Crippen LogP contribution in [0, 0.1) is 12.3 Å². The van der Waals surface area contributed by atoms with Gasteiger partial charge in [-0.25, -0.2) is 0 Å². The molecule has 3 nitrogen and oxygen atoms in total. The molecule has 2 rings (SSSR count). The van der Waals surface area contributed by atoms with Gasteiger partial charge in [-0.05, 0) is 31.4 Å². The smallest absolute Gasteiger partial charge is 0.310 e. The molecule has 1 fully saturated rings. The number of nitrogens with zero attached hydrogens (tertiary/aromatic N) is 1. The van der Waals surface area contributed by atoms with Crippen molar-refractivity contribution in [1.29, 1.82) is 0 Å². The van der Waals surface area contributed by atoms with Crippen LogP contribution in [0.1, 0.15) is 24.1 Å². The van der Waals surface area contributed by atoms with E-state index in [2.05, 4.69) is 4.98 Å². The van der Waals surface area contributed by atoms with E-state index >= 15 is 0 Å². The summed E-state index contributed by atoms with van der Waals surface area (Å²) in [7, 11) is 0. The molecule has 1 heterocycles. The molecule has 0 atom stereocenters. The van der Waals surface area contributed by atoms with Crippen molar-refractivity contribution in [1.82, 2.24) is 4.98 Å². The number of hydrogen-bond acceptors (Lipinski definition) is 2. The van der Waals surface area contributed by atoms with Crippen LogP contribution in [0.25, 0.3) is 0 Å². The van der Waals surface area contributed by atoms with Crippen molar-refractivity contribution >= 4 is 5.97 Å². The quantitative estimate of drug-likeness (QED) is 0.792. The first kappa shape index (κ1) is 9.19. The van der Waals surface area contributed by atoms with Crippen LogP contribution in [0.2, 0.25) is 0 Å². The number of carboxylic acids is 1. The Morgan fingerprint density at radius 1 is 1.64 bits per heavy atom. The molecular weight excluding hydrogens is 178 g/mol. The average molecular weight is 191 g/mol. The van der Waals surface area contributed by atoms with Gasteiger partial charge in [0, 0.05) is 18.3 Å². The van der Waals surface area contributed by atoms with E-state index in [1.807, 2.05) is 19.1 Å². The van der Waals surface area contributed by atoms with Crippen molar-refractivity contribution in [3.8, 4) is 0 Å². The molecule has 0 bridgehead atoms. The maximum Gasteiger partial charge on any atom is 0.310 e. The van der Waals surface area contributed by atoms with Gasteiger partial charge in [-0.15, -0.1) is 0 Å². The molecular formula is C11H13NO2. The number of carboxylic acid groups (broad SMARTS) is 1. The van der Waals surface area contributed by atoms with Crippen molar-refractivity contribution in [2.45, 2.75) is 26.2 Å². The molecule has 0 saturated heterocycles. The number of carbonyl (C=O) groups is 1. The highest BCUT2D eigenvalue weighted by molar-refractivity contribution is 5.78. The molecule has 0 aromatic carbocycles. The summed E-state index contributed by atoms with van der Waals surface area (Å²) in [5.74, 6) is -0.678. The summed E-state index contributed by atoms with van der Waals surface area (Å²) in [4.78, 5) is 15.2. The van der Waals surface area contributed by atoms with E-state index in [4.69, 9.17) is 5.11 Å². The highest BCUT2D eigenvalue weighted by Crippen LogP contribution is 2.48. The van der Waals surface area contributed by atoms with Crippen molar-refractivity contribution in [3.63, 3.8) is 0 Å². The number of aliphatic carboxylic acids is 1. The molecule has 1 aliphatic rings. The van der Waals surface area contributed by atoms with Gasteiger partial charge in [-0.1, -0.05) is 6.07 Å². The van der Waals surface area contributed by atoms with Crippen molar-refractivity contribution in [2.75, 3.05) is 0 Å². The van der Waals surface area contributed by atoms with Crippen LogP contribution in [-0.2, 0) is 11.2 Å². The molecule has 14 heavy (non-hydrogen) atoms. The van der Waals surface area contributed by atoms with Crippen molar-refractivity contribution in [3.05, 3.63) is 29.6 Å². The molecule has 3 heteroatoms. The largest absolute Gasteiger partial charge is 0.481 e. The molecule has 1 aliphatic carbocycles. The van der Waals surface area contributed by atoms with Gasteiger partial charge in [0.25, 0.3) is 0 Å². The van der Waals surface area contributed by atoms with Gasteiger partial charge in [0.15, 0.2) is 0 Å². The normalized spacial score (nSPS) is 17.8. The topological polar surface area (TPSA) is 50.2 Å². The van der Waals surface area contributed by atoms with Crippen LogP contribution in [0.15, 0.2) is 18.3 Å². The third-order valence-corrected chi connectivity index (χ3v) is 2.93. The summed E-state index contributed by atoms with van der Waals surface area (Å²) in [5, 5.41) is 9.03. The van der Waals surface area contributed by atoms with Gasteiger partial charge in [-0.2, -0.15) is 0 Å². The van der Waals surface area contributed by atoms with E-state index < -0.39 is 11.4 Å². The summed E-state index contributed by atoms with van der Waals surface area (Å²) in [6, 6.07) is 3.85. The Kier molecular flexibility index (Phi) is 2.02. The standard InChI is InChI=1S/C11H13NO2/c1-8-3-2-6-12-9(8)7-11(4-5-11)10(13)14/h2-3,6H,4-5,7H2,1H3,(H,13,14). The van der Waals surface area contributed by atoms with Crippen LogP contribution < -0.4 is 0 Å². The van der Waals surface area contributed by atoms with Gasteiger partial charge >= 0.3 is 5.97 Å². The summed E-state index contributed by atoms with van der Waals surface area (Å²) in [5.41, 5.74) is 1.51. The lowest BCUT2D eigenvalue weighted by atomic mass is 9.98. The Bertz CT molecular complexity index is 369. The van der Waals surface area contributed by atoms with Gasteiger partial charge in [0.05, 0.1) is 5.41 Å². The highest BCUT2D eigenvalue weighted by Gasteiger charge is 2.50. The fourth-order valence-electron chi connectivity index (χ4n) is 1.64. The Labute approximate surface area is 82.8 Å². The maximum absolute atomic E-state index is 11.0. The predicted octanol–water partition coefficient (Wildman–Crippen LogP) is 1.80. The molecule has 1 saturated carbocycles. The van der Waals surface area contributed by atoms with Gasteiger partial charge in [0.1, 0.15) is 0 Å². The molecule has 0 amide bonds. The minimum atomic E-state index is -0.678. The van der Waals surface area contributed by atoms with Crippen LogP contribution in [-0.4, -0.2) is 16.1 Å². The maximum atomic E-state index is 11.0. The number of aromatic nitrogens is 1. The van der Waals surface area contributed by atoms with Gasteiger partial charge in [-0.3, -0.25) is 9.78 Å². The van der Waals surface area contributed by atoms with E-state index in [1.165, 1.54) is 0 Å². The first-order chi connectivity index (χ1) is 6.64. The Morgan fingerprint density at radius 3 is 2.86 bits per heavy atom. The zero-order valence-corrected chi connectivity index (χ0v) is 8.16. The van der Waals surface area contributed by atoms with Crippen LogP contribution in [0.3, 0.4) is 0 Å². The third-order valence-electron chi connectivity index (χ3n) is 2.93. The monoisotopic (exact) mass is 191 g/mol. The SMILES string of the molecule is Cc1cccnc1CC1(C(=O)O)CC1. The summed E-state index contributed by atoms with van der Waals surface area (Å²) < 4.78 is 0. The molecule has 0 spiro atoms. The summed E-state index contributed by atoms with van der Waals surface area (Å²) >= 11 is 0. The van der Waals surface area contributed by atoms with Crippen molar-refractivity contribution < 1.29 is 9.90 Å². The lowest BCUT2D eigenvalue weighted by Crippen LogP contribution is -2.18. The zero-order valence-electron chi connectivity index (χ0n) is 8.16. The lowest BCUT2D eigenvalue weighted by molar-refractivity contribution is -0.143. The van der Waals surface area contributed by atoms with E-state index in [9.17, 15) is 4.79 Å². The molecule has 1 N–H and O–H groups in total. The Hall–Kier alpha value is -1.38. The molecule has 0 unspecified atom stereocenters. The number of aryl methyl sites for hydroxylation is 1. The second-order valence-electron chi connectivity index (χ2n) is 4.03. The minimum Gasteiger partial charge on any atom is -0.481 e. The minimum absolute atomic E-state index is 0.501. The number of pyridine rings is 1. The van der Waals surface area contributed by atoms with Gasteiger partial charge < -0.3 is 5.11 Å². The van der Waals surface area contributed by atoms with E-state index in [1.54, 1.807) is 6.20 Å². The van der Waals surface area contributed by atoms with Gasteiger partial charge in [0.2, 0.25) is 0 Å². The number of rotatable bonds is 3. The van der Waals surface area contributed by atoms with Crippen LogP contribution >= 0.6 is 0 Å². The highest BCUT2D eigenvalue weighted by atomic mass is 16.4. The average Bonchev–Trinajstić information content (AvgIpc) is 2.90. The molecule has 74 valence electrons. The Balaban J connectivity index is 2.19. The lowest BCUT2D eigenvalue weighted by Gasteiger charge is -2.10. The van der Waals surface area contributed by atoms with E-state index in [0.29, 0.717) is 6.42 Å². The second-order valence-corrected chi connectivity index (χ2v) is 4.03. The first-order valence-corrected chi connectivity index (χ1v) is 4.78. The first-order valence-electron chi connectivity index (χ1n) is 4.78. The van der Waals surface area contributed by atoms with Crippen LogP contribution in [0.4, 0.5) is 0 Å². The zero-order chi connectivity index (χ0) is 10.2. The Morgan fingerprint density at radius 2 is 2.36 bits per heavy atom. The third kappa shape index (κ3) is 1.50. The number of hydrogen-bond donors (Lipinski definition) is 1. The van der Waals surface area contributed by atoms with E-state index in [0.717, 1.165) is 24.1 Å². The molecule has 1 aromatic rings. The van der Waals surface area contributed by atoms with E-state index in [-0.39, 0.29) is 0 Å². The summed E-state index contributed by atoms with van der Waals surface area (Å²) in [6.07, 6.45) is 3.88. The van der Waals surface area contributed by atoms with Crippen molar-refractivity contribution in [2.24, 2.45) is 5.41 Å². The molecule has 1 aromatic heterocycles. The fourth-order valence-corrected chi connectivity index (χ4v) is 1.64. The molecule has 0 radical (unpaired) electrons.